The van der Waals surface area contributed by atoms with E-state index < -0.39 is 6.04 Å². The average molecular weight is 403 g/mol. The van der Waals surface area contributed by atoms with Gasteiger partial charge in [0.15, 0.2) is 5.82 Å². The molecule has 0 aliphatic carbocycles. The molecule has 0 aliphatic heterocycles. The van der Waals surface area contributed by atoms with Crippen LogP contribution in [0.1, 0.15) is 31.5 Å². The van der Waals surface area contributed by atoms with Crippen LogP contribution < -0.4 is 15.4 Å². The van der Waals surface area contributed by atoms with Gasteiger partial charge < -0.3 is 20.5 Å². The average Bonchev–Trinajstić information content (AvgIpc) is 3.17. The summed E-state index contributed by atoms with van der Waals surface area (Å²) in [6, 6.07) is 7.27. The highest BCUT2D eigenvalue weighted by atomic mass is 35.5. The molecule has 1 aromatic carbocycles. The van der Waals surface area contributed by atoms with Crippen molar-refractivity contribution < 1.29 is 9.84 Å². The zero-order chi connectivity index (χ0) is 20.1. The lowest BCUT2D eigenvalue weighted by molar-refractivity contribution is 0.273. The van der Waals surface area contributed by atoms with Crippen LogP contribution in [0.15, 0.2) is 42.9 Å². The highest BCUT2D eigenvalue weighted by Crippen LogP contribution is 2.30. The van der Waals surface area contributed by atoms with Crippen LogP contribution in [-0.4, -0.2) is 38.6 Å². The topological polar surface area (TPSA) is 97.1 Å². The Kier molecular flexibility index (Phi) is 6.33. The molecule has 148 valence electrons. The fraction of sp³-hybridized carbons (Fsp3) is 0.316. The summed E-state index contributed by atoms with van der Waals surface area (Å²) in [6.45, 7) is 3.93. The molecule has 0 spiro atoms. The zero-order valence-electron chi connectivity index (χ0n) is 15.9. The summed E-state index contributed by atoms with van der Waals surface area (Å²) < 4.78 is 7.22. The fourth-order valence-corrected chi connectivity index (χ4v) is 2.83. The first-order valence-corrected chi connectivity index (χ1v) is 9.23. The fourth-order valence-electron chi connectivity index (χ4n) is 2.68. The maximum absolute atomic E-state index is 9.88. The molecular formula is C19H23ClN6O2. The monoisotopic (exact) mass is 402 g/mol. The molecule has 28 heavy (non-hydrogen) atoms. The van der Waals surface area contributed by atoms with Gasteiger partial charge in [-0.25, -0.2) is 4.98 Å². The van der Waals surface area contributed by atoms with Crippen molar-refractivity contribution in [1.29, 1.82) is 0 Å². The molecule has 0 saturated heterocycles. The van der Waals surface area contributed by atoms with Gasteiger partial charge in [0, 0.05) is 17.8 Å². The molecule has 9 heteroatoms. The molecule has 0 amide bonds. The van der Waals surface area contributed by atoms with E-state index in [1.807, 2.05) is 49.0 Å². The van der Waals surface area contributed by atoms with E-state index in [0.717, 1.165) is 11.3 Å². The number of halogens is 1. The van der Waals surface area contributed by atoms with Crippen LogP contribution in [0.5, 0.6) is 5.75 Å². The minimum absolute atomic E-state index is 0.162. The van der Waals surface area contributed by atoms with Gasteiger partial charge in [0.2, 0.25) is 5.95 Å². The Balaban J connectivity index is 1.82. The number of nitrogens with one attached hydrogen (secondary N) is 2. The SMILES string of the molecule is COc1ccccc1[C@@H](CO)Nc1nc(Nc2cnn(C(C)C)c2)ncc1Cl. The van der Waals surface area contributed by atoms with Crippen LogP contribution in [0.4, 0.5) is 17.5 Å². The minimum Gasteiger partial charge on any atom is -0.496 e. The summed E-state index contributed by atoms with van der Waals surface area (Å²) in [5.41, 5.74) is 1.57. The number of ether oxygens (including phenoxy) is 1. The van der Waals surface area contributed by atoms with E-state index in [4.69, 9.17) is 16.3 Å². The summed E-state index contributed by atoms with van der Waals surface area (Å²) in [4.78, 5) is 8.65. The van der Waals surface area contributed by atoms with Crippen LogP contribution in [-0.2, 0) is 0 Å². The quantitative estimate of drug-likeness (QED) is 0.527. The number of hydrogen-bond acceptors (Lipinski definition) is 7. The summed E-state index contributed by atoms with van der Waals surface area (Å²) in [5.74, 6) is 1.44. The Labute approximate surface area is 168 Å². The minimum atomic E-state index is -0.444. The first-order valence-electron chi connectivity index (χ1n) is 8.85. The van der Waals surface area contributed by atoms with Gasteiger partial charge in [-0.05, 0) is 19.9 Å². The lowest BCUT2D eigenvalue weighted by Gasteiger charge is -2.20. The number of aliphatic hydroxyl groups is 1. The largest absolute Gasteiger partial charge is 0.496 e. The predicted octanol–water partition coefficient (Wildman–Crippen LogP) is 3.81. The first-order chi connectivity index (χ1) is 13.5. The van der Waals surface area contributed by atoms with E-state index in [1.165, 1.54) is 6.20 Å². The third-order valence-electron chi connectivity index (χ3n) is 4.14. The van der Waals surface area contributed by atoms with Gasteiger partial charge in [-0.15, -0.1) is 0 Å². The van der Waals surface area contributed by atoms with Gasteiger partial charge in [-0.1, -0.05) is 29.8 Å². The lowest BCUT2D eigenvalue weighted by Crippen LogP contribution is -2.17. The van der Waals surface area contributed by atoms with Crippen molar-refractivity contribution in [2.45, 2.75) is 25.9 Å². The van der Waals surface area contributed by atoms with E-state index in [1.54, 1.807) is 13.3 Å². The Bertz CT molecular complexity index is 930. The van der Waals surface area contributed by atoms with Crippen molar-refractivity contribution in [2.75, 3.05) is 24.4 Å². The third-order valence-corrected chi connectivity index (χ3v) is 4.42. The number of rotatable bonds is 8. The molecule has 1 atom stereocenters. The maximum Gasteiger partial charge on any atom is 0.229 e. The van der Waals surface area contributed by atoms with Crippen molar-refractivity contribution in [2.24, 2.45) is 0 Å². The molecule has 0 unspecified atom stereocenters. The second-order valence-electron chi connectivity index (χ2n) is 6.44. The second kappa shape index (κ2) is 8.90. The first kappa shape index (κ1) is 19.9. The number of nitrogens with zero attached hydrogens (tertiary/aromatic N) is 4. The molecule has 8 nitrogen and oxygen atoms in total. The standard InChI is InChI=1S/C19H23ClN6O2/c1-12(2)26-10-13(8-22-26)23-19-21-9-15(20)18(25-19)24-16(11-27)14-6-4-5-7-17(14)28-3/h4-10,12,16,27H,11H2,1-3H3,(H2,21,23,24,25)/t16-/m1/s1. The smallest absolute Gasteiger partial charge is 0.229 e. The maximum atomic E-state index is 9.88. The predicted molar refractivity (Wildman–Crippen MR) is 109 cm³/mol. The molecular weight excluding hydrogens is 380 g/mol. The lowest BCUT2D eigenvalue weighted by atomic mass is 10.1. The molecule has 3 N–H and O–H groups in total. The van der Waals surface area contributed by atoms with Gasteiger partial charge >= 0.3 is 0 Å². The van der Waals surface area contributed by atoms with Gasteiger partial charge in [-0.2, -0.15) is 10.1 Å². The second-order valence-corrected chi connectivity index (χ2v) is 6.85. The Morgan fingerprint density at radius 2 is 2.04 bits per heavy atom. The molecule has 0 fully saturated rings. The van der Waals surface area contributed by atoms with Crippen molar-refractivity contribution in [3.05, 3.63) is 53.4 Å². The number of methoxy groups -OCH3 is 1. The number of benzene rings is 1. The molecule has 0 radical (unpaired) electrons. The van der Waals surface area contributed by atoms with E-state index in [9.17, 15) is 5.11 Å². The number of para-hydroxylation sites is 1. The van der Waals surface area contributed by atoms with E-state index in [-0.39, 0.29) is 12.6 Å². The molecule has 0 bridgehead atoms. The Morgan fingerprint density at radius 3 is 2.71 bits per heavy atom. The molecule has 2 aromatic heterocycles. The van der Waals surface area contributed by atoms with E-state index in [2.05, 4.69) is 25.7 Å². The van der Waals surface area contributed by atoms with Gasteiger partial charge in [0.1, 0.15) is 10.8 Å². The highest BCUT2D eigenvalue weighted by molar-refractivity contribution is 6.32. The highest BCUT2D eigenvalue weighted by Gasteiger charge is 2.17. The van der Waals surface area contributed by atoms with Crippen LogP contribution >= 0.6 is 11.6 Å². The van der Waals surface area contributed by atoms with Gasteiger partial charge in [-0.3, -0.25) is 4.68 Å². The molecule has 3 aromatic rings. The van der Waals surface area contributed by atoms with Crippen LogP contribution in [0, 0.1) is 0 Å². The zero-order valence-corrected chi connectivity index (χ0v) is 16.7. The molecule has 3 rings (SSSR count). The Hall–Kier alpha value is -2.84. The molecule has 2 heterocycles. The van der Waals surface area contributed by atoms with Gasteiger partial charge in [0.05, 0.1) is 37.8 Å². The number of anilines is 3. The number of aliphatic hydroxyl groups excluding tert-OH is 1. The third kappa shape index (κ3) is 4.52. The molecule has 0 saturated carbocycles. The van der Waals surface area contributed by atoms with Crippen molar-refractivity contribution in [3.8, 4) is 5.75 Å². The Morgan fingerprint density at radius 1 is 1.25 bits per heavy atom. The normalized spacial score (nSPS) is 12.1. The van der Waals surface area contributed by atoms with Crippen LogP contribution in [0.2, 0.25) is 5.02 Å². The summed E-state index contributed by atoms with van der Waals surface area (Å²) in [7, 11) is 1.59. The van der Waals surface area contributed by atoms with Crippen molar-refractivity contribution in [1.82, 2.24) is 19.7 Å². The van der Waals surface area contributed by atoms with Gasteiger partial charge in [0.25, 0.3) is 0 Å². The van der Waals surface area contributed by atoms with Crippen molar-refractivity contribution in [3.63, 3.8) is 0 Å². The van der Waals surface area contributed by atoms with E-state index >= 15 is 0 Å². The number of hydrogen-bond donors (Lipinski definition) is 3. The molecule has 0 aliphatic rings. The van der Waals surface area contributed by atoms with E-state index in [0.29, 0.717) is 22.5 Å². The van der Waals surface area contributed by atoms with Crippen LogP contribution in [0.25, 0.3) is 0 Å². The summed E-state index contributed by atoms with van der Waals surface area (Å²) in [6.07, 6.45) is 5.08. The van der Waals surface area contributed by atoms with Crippen molar-refractivity contribution >= 4 is 29.1 Å². The summed E-state index contributed by atoms with van der Waals surface area (Å²) in [5, 5.41) is 20.8. The number of aromatic nitrogens is 4. The summed E-state index contributed by atoms with van der Waals surface area (Å²) >= 11 is 6.26. The van der Waals surface area contributed by atoms with Crippen LogP contribution in [0.3, 0.4) is 0 Å².